The maximum absolute atomic E-state index is 12.5. The Morgan fingerprint density at radius 1 is 1.36 bits per heavy atom. The van der Waals surface area contributed by atoms with Gasteiger partial charge in [-0.3, -0.25) is 4.90 Å². The van der Waals surface area contributed by atoms with Crippen LogP contribution in [0.1, 0.15) is 38.8 Å². The van der Waals surface area contributed by atoms with Crippen LogP contribution in [0.3, 0.4) is 0 Å². The Labute approximate surface area is 158 Å². The number of aryl methyl sites for hydroxylation is 1. The predicted octanol–water partition coefficient (Wildman–Crippen LogP) is 3.59. The van der Waals surface area contributed by atoms with Crippen LogP contribution < -0.4 is 4.72 Å². The van der Waals surface area contributed by atoms with Crippen LogP contribution in [0.4, 0.5) is 0 Å². The fourth-order valence-corrected chi connectivity index (χ4v) is 6.39. The van der Waals surface area contributed by atoms with E-state index >= 15 is 0 Å². The van der Waals surface area contributed by atoms with Crippen molar-refractivity contribution in [3.8, 4) is 9.88 Å². The van der Waals surface area contributed by atoms with Crippen molar-refractivity contribution in [3.05, 3.63) is 23.2 Å². The Balaban J connectivity index is 1.60. The minimum absolute atomic E-state index is 0.363. The van der Waals surface area contributed by atoms with Crippen molar-refractivity contribution in [3.63, 3.8) is 0 Å². The van der Waals surface area contributed by atoms with E-state index in [1.165, 1.54) is 30.6 Å². The molecule has 3 rings (SSSR count). The smallest absolute Gasteiger partial charge is 0.250 e. The minimum Gasteiger partial charge on any atom is -0.299 e. The average Bonchev–Trinajstić information content (AvgIpc) is 3.25. The van der Waals surface area contributed by atoms with Crippen molar-refractivity contribution in [1.82, 2.24) is 14.6 Å². The molecule has 1 saturated heterocycles. The van der Waals surface area contributed by atoms with E-state index in [4.69, 9.17) is 0 Å². The van der Waals surface area contributed by atoms with Gasteiger partial charge in [-0.05, 0) is 44.9 Å². The lowest BCUT2D eigenvalue weighted by Crippen LogP contribution is -2.42. The molecular weight excluding hydrogens is 374 g/mol. The lowest BCUT2D eigenvalue weighted by Gasteiger charge is -2.33. The van der Waals surface area contributed by atoms with Gasteiger partial charge in [0, 0.05) is 24.5 Å². The molecule has 1 aliphatic rings. The molecule has 8 heteroatoms. The molecule has 0 amide bonds. The van der Waals surface area contributed by atoms with Crippen molar-refractivity contribution >= 4 is 32.7 Å². The third-order valence-electron chi connectivity index (χ3n) is 4.60. The van der Waals surface area contributed by atoms with Gasteiger partial charge in [0.1, 0.15) is 9.22 Å². The third kappa shape index (κ3) is 4.68. The molecule has 1 fully saturated rings. The number of rotatable bonds is 7. The Bertz CT molecular complexity index is 798. The van der Waals surface area contributed by atoms with E-state index in [-0.39, 0.29) is 0 Å². The SMILES string of the molecule is CCc1csc(-c2ccc(S(=O)(=O)NCCN3CCCCC3C)s2)n1. The van der Waals surface area contributed by atoms with E-state index < -0.39 is 10.0 Å². The Hall–Kier alpha value is -0.800. The van der Waals surface area contributed by atoms with Gasteiger partial charge in [-0.15, -0.1) is 22.7 Å². The Kier molecular flexibility index (Phi) is 6.27. The lowest BCUT2D eigenvalue weighted by molar-refractivity contribution is 0.164. The van der Waals surface area contributed by atoms with Gasteiger partial charge in [0.15, 0.2) is 0 Å². The summed E-state index contributed by atoms with van der Waals surface area (Å²) in [6.07, 6.45) is 4.58. The summed E-state index contributed by atoms with van der Waals surface area (Å²) < 4.78 is 28.2. The first-order chi connectivity index (χ1) is 12.0. The van der Waals surface area contributed by atoms with Crippen molar-refractivity contribution in [2.75, 3.05) is 19.6 Å². The van der Waals surface area contributed by atoms with Gasteiger partial charge < -0.3 is 0 Å². The van der Waals surface area contributed by atoms with E-state index in [1.807, 2.05) is 11.4 Å². The van der Waals surface area contributed by atoms with Crippen LogP contribution in [0, 0.1) is 0 Å². The van der Waals surface area contributed by atoms with Crippen LogP contribution >= 0.6 is 22.7 Å². The summed E-state index contributed by atoms with van der Waals surface area (Å²) in [5, 5.41) is 2.92. The van der Waals surface area contributed by atoms with Crippen molar-refractivity contribution in [2.24, 2.45) is 0 Å². The van der Waals surface area contributed by atoms with Crippen LogP contribution in [0.25, 0.3) is 9.88 Å². The van der Waals surface area contributed by atoms with Gasteiger partial charge in [0.05, 0.1) is 10.6 Å². The van der Waals surface area contributed by atoms with Gasteiger partial charge in [-0.1, -0.05) is 13.3 Å². The third-order valence-corrected chi connectivity index (χ3v) is 8.70. The largest absolute Gasteiger partial charge is 0.299 e. The van der Waals surface area contributed by atoms with E-state index in [1.54, 1.807) is 17.4 Å². The molecule has 0 spiro atoms. The second-order valence-electron chi connectivity index (χ2n) is 6.39. The predicted molar refractivity (Wildman–Crippen MR) is 105 cm³/mol. The number of nitrogens with zero attached hydrogens (tertiary/aromatic N) is 2. The Morgan fingerprint density at radius 3 is 2.92 bits per heavy atom. The zero-order valence-electron chi connectivity index (χ0n) is 14.7. The van der Waals surface area contributed by atoms with Gasteiger partial charge in [-0.2, -0.15) is 0 Å². The zero-order chi connectivity index (χ0) is 17.9. The van der Waals surface area contributed by atoms with Gasteiger partial charge >= 0.3 is 0 Å². The van der Waals surface area contributed by atoms with Gasteiger partial charge in [0.25, 0.3) is 0 Å². The number of aromatic nitrogens is 1. The second-order valence-corrected chi connectivity index (χ2v) is 10.3. The number of nitrogens with one attached hydrogen (secondary N) is 1. The molecule has 138 valence electrons. The van der Waals surface area contributed by atoms with Crippen LogP contribution in [-0.4, -0.2) is 44.0 Å². The maximum atomic E-state index is 12.5. The first kappa shape index (κ1) is 19.0. The second kappa shape index (κ2) is 8.26. The van der Waals surface area contributed by atoms with Gasteiger partial charge in [0.2, 0.25) is 10.0 Å². The molecule has 2 aromatic heterocycles. The van der Waals surface area contributed by atoms with Crippen molar-refractivity contribution in [1.29, 1.82) is 0 Å². The number of hydrogen-bond donors (Lipinski definition) is 1. The molecule has 1 atom stereocenters. The summed E-state index contributed by atoms with van der Waals surface area (Å²) in [6.45, 7) is 6.58. The van der Waals surface area contributed by atoms with Crippen LogP contribution in [0.15, 0.2) is 21.7 Å². The average molecular weight is 400 g/mol. The molecule has 2 aromatic rings. The number of thiophene rings is 1. The zero-order valence-corrected chi connectivity index (χ0v) is 17.1. The molecule has 0 aromatic carbocycles. The van der Waals surface area contributed by atoms with E-state index in [0.717, 1.165) is 35.1 Å². The molecule has 3 heterocycles. The molecule has 0 radical (unpaired) electrons. The lowest BCUT2D eigenvalue weighted by atomic mass is 10.0. The molecule has 1 aliphatic heterocycles. The molecule has 5 nitrogen and oxygen atoms in total. The summed E-state index contributed by atoms with van der Waals surface area (Å²) in [5.74, 6) is 0. The first-order valence-electron chi connectivity index (χ1n) is 8.78. The summed E-state index contributed by atoms with van der Waals surface area (Å²) >= 11 is 2.85. The molecular formula is C17H25N3O2S3. The number of hydrogen-bond acceptors (Lipinski definition) is 6. The normalized spacial score (nSPS) is 19.4. The van der Waals surface area contributed by atoms with E-state index in [9.17, 15) is 8.42 Å². The van der Waals surface area contributed by atoms with E-state index in [0.29, 0.717) is 16.8 Å². The summed E-state index contributed by atoms with van der Waals surface area (Å²) in [5.41, 5.74) is 1.05. The van der Waals surface area contributed by atoms with Crippen LogP contribution in [0.2, 0.25) is 0 Å². The van der Waals surface area contributed by atoms with Crippen LogP contribution in [0.5, 0.6) is 0 Å². The highest BCUT2D eigenvalue weighted by molar-refractivity contribution is 7.91. The van der Waals surface area contributed by atoms with Crippen LogP contribution in [-0.2, 0) is 16.4 Å². The first-order valence-corrected chi connectivity index (χ1v) is 12.0. The topological polar surface area (TPSA) is 62.3 Å². The van der Waals surface area contributed by atoms with Crippen molar-refractivity contribution in [2.45, 2.75) is 49.8 Å². The number of likely N-dealkylation sites (tertiary alicyclic amines) is 1. The fraction of sp³-hybridized carbons (Fsp3) is 0.588. The molecule has 1 N–H and O–H groups in total. The fourth-order valence-electron chi connectivity index (χ4n) is 3.05. The summed E-state index contributed by atoms with van der Waals surface area (Å²) in [4.78, 5) is 7.81. The molecule has 0 bridgehead atoms. The highest BCUT2D eigenvalue weighted by Gasteiger charge is 2.21. The summed E-state index contributed by atoms with van der Waals surface area (Å²) in [7, 11) is -3.45. The number of piperidine rings is 1. The van der Waals surface area contributed by atoms with E-state index in [2.05, 4.69) is 28.5 Å². The Morgan fingerprint density at radius 2 is 2.20 bits per heavy atom. The highest BCUT2D eigenvalue weighted by atomic mass is 32.2. The summed E-state index contributed by atoms with van der Waals surface area (Å²) in [6, 6.07) is 4.08. The highest BCUT2D eigenvalue weighted by Crippen LogP contribution is 2.32. The number of sulfonamides is 1. The molecule has 0 aliphatic carbocycles. The standard InChI is InChI=1S/C17H25N3O2S3/c1-3-14-12-23-17(19-14)15-7-8-16(24-15)25(21,22)18-9-11-20-10-5-4-6-13(20)2/h7-8,12-13,18H,3-6,9-11H2,1-2H3. The quantitative estimate of drug-likeness (QED) is 0.773. The minimum atomic E-state index is -3.45. The monoisotopic (exact) mass is 399 g/mol. The maximum Gasteiger partial charge on any atom is 0.250 e. The molecule has 0 saturated carbocycles. The molecule has 1 unspecified atom stereocenters. The number of thiazole rings is 1. The van der Waals surface area contributed by atoms with Crippen molar-refractivity contribution < 1.29 is 8.42 Å². The van der Waals surface area contributed by atoms with Gasteiger partial charge in [-0.25, -0.2) is 18.1 Å². The molecule has 25 heavy (non-hydrogen) atoms.